The van der Waals surface area contributed by atoms with Gasteiger partial charge in [-0.05, 0) is 13.0 Å². The molecule has 0 spiro atoms. The molecule has 2 aromatic heterocycles. The summed E-state index contributed by atoms with van der Waals surface area (Å²) in [4.78, 5) is 37.2. The molecule has 6 heteroatoms. The van der Waals surface area contributed by atoms with E-state index in [0.29, 0.717) is 22.8 Å². The summed E-state index contributed by atoms with van der Waals surface area (Å²) >= 11 is 0. The lowest BCUT2D eigenvalue weighted by Crippen LogP contribution is -2.40. The summed E-state index contributed by atoms with van der Waals surface area (Å²) < 4.78 is 3.88. The Labute approximate surface area is 119 Å². The van der Waals surface area contributed by atoms with Gasteiger partial charge < -0.3 is 4.57 Å². The quantitative estimate of drug-likeness (QED) is 0.614. The van der Waals surface area contributed by atoms with Crippen molar-refractivity contribution in [1.82, 2.24) is 13.7 Å². The number of pyridine rings is 1. The molecule has 3 aromatic rings. The summed E-state index contributed by atoms with van der Waals surface area (Å²) in [6.45, 7) is 2.17. The summed E-state index contributed by atoms with van der Waals surface area (Å²) in [6, 6.07) is 7.04. The molecule has 0 N–H and O–H groups in total. The van der Waals surface area contributed by atoms with Crippen LogP contribution in [0.2, 0.25) is 0 Å². The van der Waals surface area contributed by atoms with E-state index in [2.05, 4.69) is 0 Å². The first-order valence-electron chi connectivity index (χ1n) is 6.70. The van der Waals surface area contributed by atoms with E-state index in [0.717, 1.165) is 4.57 Å². The Morgan fingerprint density at radius 2 is 1.48 bits per heavy atom. The third-order valence-electron chi connectivity index (χ3n) is 3.88. The second-order valence-electron chi connectivity index (χ2n) is 5.00. The van der Waals surface area contributed by atoms with E-state index >= 15 is 0 Å². The zero-order valence-corrected chi connectivity index (χ0v) is 12.1. The van der Waals surface area contributed by atoms with Crippen LogP contribution in [0.5, 0.6) is 0 Å². The molecule has 0 bridgehead atoms. The Kier molecular flexibility index (Phi) is 2.83. The molecule has 0 atom stereocenters. The number of nitrogens with zero attached hydrogens (tertiary/aromatic N) is 3. The van der Waals surface area contributed by atoms with E-state index < -0.39 is 11.2 Å². The fraction of sp³-hybridized carbons (Fsp3) is 0.267. The SMILES string of the molecule is CCn1c(=O)c2ccccc2c2c1c(=O)n(C)c(=O)n2C. The summed E-state index contributed by atoms with van der Waals surface area (Å²) in [5.41, 5.74) is -0.293. The molecule has 3 rings (SSSR count). The van der Waals surface area contributed by atoms with Crippen molar-refractivity contribution in [3.8, 4) is 0 Å². The van der Waals surface area contributed by atoms with E-state index in [1.807, 2.05) is 0 Å². The van der Waals surface area contributed by atoms with Crippen LogP contribution in [-0.4, -0.2) is 13.7 Å². The summed E-state index contributed by atoms with van der Waals surface area (Å²) in [5, 5.41) is 1.13. The normalized spacial score (nSPS) is 11.4. The third-order valence-corrected chi connectivity index (χ3v) is 3.88. The van der Waals surface area contributed by atoms with Crippen LogP contribution in [0.3, 0.4) is 0 Å². The number of aryl methyl sites for hydroxylation is 2. The minimum Gasteiger partial charge on any atom is -0.302 e. The lowest BCUT2D eigenvalue weighted by Gasteiger charge is -2.14. The molecule has 0 fully saturated rings. The van der Waals surface area contributed by atoms with Gasteiger partial charge in [-0.1, -0.05) is 18.2 Å². The topological polar surface area (TPSA) is 66.0 Å². The Balaban J connectivity index is 2.88. The van der Waals surface area contributed by atoms with Crippen LogP contribution in [0.15, 0.2) is 38.6 Å². The highest BCUT2D eigenvalue weighted by Crippen LogP contribution is 2.18. The molecule has 0 radical (unpaired) electrons. The predicted octanol–water partition coefficient (Wildman–Crippen LogP) is 0.572. The molecular weight excluding hydrogens is 270 g/mol. The molecule has 2 heterocycles. The van der Waals surface area contributed by atoms with Gasteiger partial charge in [0.15, 0.2) is 0 Å². The van der Waals surface area contributed by atoms with E-state index in [1.165, 1.54) is 16.2 Å². The fourth-order valence-corrected chi connectivity index (χ4v) is 2.80. The monoisotopic (exact) mass is 285 g/mol. The van der Waals surface area contributed by atoms with Crippen molar-refractivity contribution in [3.63, 3.8) is 0 Å². The van der Waals surface area contributed by atoms with Crippen molar-refractivity contribution in [2.75, 3.05) is 0 Å². The lowest BCUT2D eigenvalue weighted by atomic mass is 10.1. The van der Waals surface area contributed by atoms with Crippen molar-refractivity contribution in [1.29, 1.82) is 0 Å². The Hall–Kier alpha value is -2.63. The highest BCUT2D eigenvalue weighted by Gasteiger charge is 2.17. The number of benzene rings is 1. The Morgan fingerprint density at radius 1 is 0.857 bits per heavy atom. The average molecular weight is 285 g/mol. The van der Waals surface area contributed by atoms with Crippen molar-refractivity contribution < 1.29 is 0 Å². The number of aromatic nitrogens is 3. The van der Waals surface area contributed by atoms with Crippen molar-refractivity contribution in [2.24, 2.45) is 14.1 Å². The second kappa shape index (κ2) is 4.44. The van der Waals surface area contributed by atoms with E-state index in [9.17, 15) is 14.4 Å². The molecule has 0 unspecified atom stereocenters. The molecule has 0 saturated heterocycles. The maximum Gasteiger partial charge on any atom is 0.331 e. The van der Waals surface area contributed by atoms with E-state index in [1.54, 1.807) is 38.2 Å². The third kappa shape index (κ3) is 1.62. The molecule has 0 saturated carbocycles. The predicted molar refractivity (Wildman–Crippen MR) is 81.9 cm³/mol. The zero-order valence-electron chi connectivity index (χ0n) is 12.1. The van der Waals surface area contributed by atoms with Gasteiger partial charge in [-0.2, -0.15) is 0 Å². The average Bonchev–Trinajstić information content (AvgIpc) is 2.50. The molecule has 0 aliphatic heterocycles. The smallest absolute Gasteiger partial charge is 0.302 e. The van der Waals surface area contributed by atoms with Crippen LogP contribution in [0.1, 0.15) is 6.92 Å². The van der Waals surface area contributed by atoms with Gasteiger partial charge in [0.2, 0.25) is 0 Å². The molecule has 0 aliphatic rings. The van der Waals surface area contributed by atoms with Gasteiger partial charge in [-0.25, -0.2) is 4.79 Å². The molecular formula is C15H15N3O3. The number of hydrogen-bond acceptors (Lipinski definition) is 3. The molecule has 21 heavy (non-hydrogen) atoms. The van der Waals surface area contributed by atoms with E-state index in [4.69, 9.17) is 0 Å². The minimum atomic E-state index is -0.446. The van der Waals surface area contributed by atoms with Crippen LogP contribution in [-0.2, 0) is 20.6 Å². The summed E-state index contributed by atoms with van der Waals surface area (Å²) in [6.07, 6.45) is 0. The van der Waals surface area contributed by atoms with Crippen molar-refractivity contribution in [3.05, 3.63) is 55.5 Å². The van der Waals surface area contributed by atoms with Crippen LogP contribution in [0, 0.1) is 0 Å². The number of fused-ring (bicyclic) bond motifs is 3. The zero-order chi connectivity index (χ0) is 15.3. The van der Waals surface area contributed by atoms with Gasteiger partial charge in [-0.15, -0.1) is 0 Å². The highest BCUT2D eigenvalue weighted by atomic mass is 16.2. The first kappa shape index (κ1) is 13.4. The van der Waals surface area contributed by atoms with Crippen molar-refractivity contribution >= 4 is 21.8 Å². The molecule has 0 amide bonds. The van der Waals surface area contributed by atoms with Gasteiger partial charge in [0.25, 0.3) is 11.1 Å². The maximum atomic E-state index is 12.6. The summed E-state index contributed by atoms with van der Waals surface area (Å²) in [5.74, 6) is 0. The molecule has 1 aromatic carbocycles. The lowest BCUT2D eigenvalue weighted by molar-refractivity contribution is 0.689. The van der Waals surface area contributed by atoms with Crippen LogP contribution >= 0.6 is 0 Å². The highest BCUT2D eigenvalue weighted by molar-refractivity contribution is 6.03. The minimum absolute atomic E-state index is 0.212. The number of rotatable bonds is 1. The van der Waals surface area contributed by atoms with Crippen LogP contribution in [0.4, 0.5) is 0 Å². The molecule has 0 aliphatic carbocycles. The molecule has 6 nitrogen and oxygen atoms in total. The Bertz CT molecular complexity index is 1050. The second-order valence-corrected chi connectivity index (χ2v) is 5.00. The molecule has 108 valence electrons. The largest absolute Gasteiger partial charge is 0.331 e. The summed E-state index contributed by atoms with van der Waals surface area (Å²) in [7, 11) is 3.03. The van der Waals surface area contributed by atoms with Crippen LogP contribution in [0.25, 0.3) is 21.8 Å². The van der Waals surface area contributed by atoms with Gasteiger partial charge >= 0.3 is 5.69 Å². The fourth-order valence-electron chi connectivity index (χ4n) is 2.80. The first-order chi connectivity index (χ1) is 9.99. The first-order valence-corrected chi connectivity index (χ1v) is 6.70. The van der Waals surface area contributed by atoms with Gasteiger partial charge in [-0.3, -0.25) is 18.7 Å². The van der Waals surface area contributed by atoms with Crippen LogP contribution < -0.4 is 16.8 Å². The standard InChI is InChI=1S/C15H15N3O3/c1-4-18-12-11(16(2)15(21)17(3)14(12)20)9-7-5-6-8-10(9)13(18)19/h5-8H,4H2,1-3H3. The maximum absolute atomic E-state index is 12.6. The number of hydrogen-bond donors (Lipinski definition) is 0. The van der Waals surface area contributed by atoms with Gasteiger partial charge in [0.1, 0.15) is 5.52 Å². The van der Waals surface area contributed by atoms with Gasteiger partial charge in [0, 0.05) is 31.4 Å². The Morgan fingerprint density at radius 3 is 2.10 bits per heavy atom. The van der Waals surface area contributed by atoms with Gasteiger partial charge in [0.05, 0.1) is 5.52 Å². The van der Waals surface area contributed by atoms with Crippen molar-refractivity contribution in [2.45, 2.75) is 13.5 Å². The van der Waals surface area contributed by atoms with E-state index in [-0.39, 0.29) is 11.1 Å².